The lowest BCUT2D eigenvalue weighted by atomic mass is 9.93. The van der Waals surface area contributed by atoms with Crippen LogP contribution in [0.1, 0.15) is 32.1 Å². The molecule has 0 aromatic rings. The van der Waals surface area contributed by atoms with E-state index >= 15 is 0 Å². The highest BCUT2D eigenvalue weighted by Gasteiger charge is 2.28. The Hall–Kier alpha value is -0.900. The highest BCUT2D eigenvalue weighted by atomic mass is 32.1. The first-order valence-electron chi connectivity index (χ1n) is 5.84. The van der Waals surface area contributed by atoms with Crippen LogP contribution in [0.5, 0.6) is 0 Å². The second kappa shape index (κ2) is 4.95. The zero-order valence-corrected chi connectivity index (χ0v) is 10.2. The van der Waals surface area contributed by atoms with Crippen LogP contribution < -0.4 is 5.73 Å². The van der Waals surface area contributed by atoms with Crippen LogP contribution in [-0.2, 0) is 4.79 Å². The largest absolute Gasteiger partial charge is 0.366 e. The summed E-state index contributed by atoms with van der Waals surface area (Å²) in [7, 11) is 0. The Morgan fingerprint density at radius 3 is 2.69 bits per heavy atom. The number of primary amides is 1. The maximum absolute atomic E-state index is 11.2. The van der Waals surface area contributed by atoms with Crippen molar-refractivity contribution in [1.29, 1.82) is 0 Å². The van der Waals surface area contributed by atoms with Crippen molar-refractivity contribution in [2.75, 3.05) is 0 Å². The van der Waals surface area contributed by atoms with Crippen molar-refractivity contribution in [3.8, 4) is 0 Å². The third-order valence-corrected chi connectivity index (χ3v) is 3.92. The molecule has 1 atom stereocenters. The van der Waals surface area contributed by atoms with Crippen LogP contribution in [0.2, 0.25) is 0 Å². The van der Waals surface area contributed by atoms with Crippen LogP contribution in [0, 0.1) is 0 Å². The molecule has 1 heterocycles. The number of hydrogen-bond donors (Lipinski definition) is 2. The van der Waals surface area contributed by atoms with Gasteiger partial charge in [-0.05, 0) is 25.0 Å². The number of hydrogen-bond acceptors (Lipinski definition) is 3. The van der Waals surface area contributed by atoms with Gasteiger partial charge in [0.1, 0.15) is 5.37 Å². The summed E-state index contributed by atoms with van der Waals surface area (Å²) in [5.41, 5.74) is 5.93. The Kier molecular flexibility index (Phi) is 3.59. The molecule has 0 aromatic carbocycles. The molecular weight excluding hydrogens is 220 g/mol. The number of thiol groups is 1. The molecule has 1 aliphatic heterocycles. The fourth-order valence-electron chi connectivity index (χ4n) is 2.48. The normalized spacial score (nSPS) is 26.7. The van der Waals surface area contributed by atoms with Crippen LogP contribution >= 0.6 is 12.6 Å². The molecule has 0 spiro atoms. The minimum Gasteiger partial charge on any atom is -0.366 e. The maximum atomic E-state index is 11.2. The molecule has 3 nitrogen and oxygen atoms in total. The van der Waals surface area contributed by atoms with Gasteiger partial charge in [-0.3, -0.25) is 4.79 Å². The van der Waals surface area contributed by atoms with E-state index in [2.05, 4.69) is 17.5 Å². The molecular formula is C12H18N2OS. The fraction of sp³-hybridized carbons (Fsp3) is 0.583. The number of carbonyl (C=O) groups is 1. The van der Waals surface area contributed by atoms with Crippen LogP contribution in [-0.4, -0.2) is 22.2 Å². The van der Waals surface area contributed by atoms with E-state index in [-0.39, 0.29) is 11.3 Å². The highest BCUT2D eigenvalue weighted by molar-refractivity contribution is 7.81. The van der Waals surface area contributed by atoms with Gasteiger partial charge in [-0.2, -0.15) is 0 Å². The third-order valence-electron chi connectivity index (χ3n) is 3.38. The molecule has 1 fully saturated rings. The fourth-order valence-corrected chi connectivity index (χ4v) is 2.96. The van der Waals surface area contributed by atoms with Crippen LogP contribution in [0.3, 0.4) is 0 Å². The van der Waals surface area contributed by atoms with E-state index in [1.807, 2.05) is 12.3 Å². The van der Waals surface area contributed by atoms with Gasteiger partial charge in [0.2, 0.25) is 5.91 Å². The number of nitrogens with two attached hydrogens (primary N) is 1. The Balaban J connectivity index is 2.09. The summed E-state index contributed by atoms with van der Waals surface area (Å²) in [6.07, 6.45) is 11.9. The van der Waals surface area contributed by atoms with Gasteiger partial charge < -0.3 is 10.6 Å². The SMILES string of the molecule is NC(=O)C1=CC=CN(C2CCCCC2)C1S. The van der Waals surface area contributed by atoms with Crippen LogP contribution in [0.4, 0.5) is 0 Å². The van der Waals surface area contributed by atoms with Crippen molar-refractivity contribution in [3.63, 3.8) is 0 Å². The standard InChI is InChI=1S/C12H18N2OS/c13-11(15)10-7-4-8-14(12(10)16)9-5-2-1-3-6-9/h4,7-9,12,16H,1-3,5-6H2,(H2,13,15). The molecule has 88 valence electrons. The molecule has 1 amide bonds. The van der Waals surface area contributed by atoms with Gasteiger partial charge in [-0.25, -0.2) is 0 Å². The van der Waals surface area contributed by atoms with Crippen molar-refractivity contribution in [1.82, 2.24) is 4.90 Å². The highest BCUT2D eigenvalue weighted by Crippen LogP contribution is 2.29. The molecule has 2 N–H and O–H groups in total. The van der Waals surface area contributed by atoms with E-state index < -0.39 is 0 Å². The number of carbonyl (C=O) groups excluding carboxylic acids is 1. The minimum absolute atomic E-state index is 0.175. The molecule has 0 radical (unpaired) electrons. The lowest BCUT2D eigenvalue weighted by Gasteiger charge is -2.39. The predicted molar refractivity (Wildman–Crippen MR) is 67.9 cm³/mol. The van der Waals surface area contributed by atoms with Gasteiger partial charge in [-0.1, -0.05) is 19.3 Å². The van der Waals surface area contributed by atoms with E-state index in [1.165, 1.54) is 32.1 Å². The summed E-state index contributed by atoms with van der Waals surface area (Å²) in [5.74, 6) is -0.370. The van der Waals surface area contributed by atoms with Crippen molar-refractivity contribution in [2.24, 2.45) is 5.73 Å². The first kappa shape index (κ1) is 11.6. The molecule has 0 bridgehead atoms. The Labute approximate surface area is 102 Å². The quantitative estimate of drug-likeness (QED) is 0.721. The molecule has 0 saturated heterocycles. The molecule has 0 aromatic heterocycles. The molecule has 1 aliphatic carbocycles. The van der Waals surface area contributed by atoms with E-state index in [0.717, 1.165) is 0 Å². The van der Waals surface area contributed by atoms with E-state index in [4.69, 9.17) is 5.73 Å². The van der Waals surface area contributed by atoms with Gasteiger partial charge >= 0.3 is 0 Å². The number of rotatable bonds is 2. The lowest BCUT2D eigenvalue weighted by Crippen LogP contribution is -2.42. The molecule has 2 aliphatic rings. The number of allylic oxidation sites excluding steroid dienone is 2. The molecule has 1 unspecified atom stereocenters. The van der Waals surface area contributed by atoms with Crippen LogP contribution in [0.15, 0.2) is 23.9 Å². The zero-order valence-electron chi connectivity index (χ0n) is 9.30. The first-order valence-corrected chi connectivity index (χ1v) is 6.35. The Bertz CT molecular complexity index is 332. The summed E-state index contributed by atoms with van der Waals surface area (Å²) in [6.45, 7) is 0. The van der Waals surface area contributed by atoms with Crippen molar-refractivity contribution in [3.05, 3.63) is 23.9 Å². The van der Waals surface area contributed by atoms with Gasteiger partial charge in [0.05, 0.1) is 0 Å². The molecule has 2 rings (SSSR count). The van der Waals surface area contributed by atoms with Crippen molar-refractivity contribution >= 4 is 18.5 Å². The maximum Gasteiger partial charge on any atom is 0.247 e. The zero-order chi connectivity index (χ0) is 11.5. The Morgan fingerprint density at radius 2 is 2.06 bits per heavy atom. The minimum atomic E-state index is -0.370. The first-order chi connectivity index (χ1) is 7.70. The lowest BCUT2D eigenvalue weighted by molar-refractivity contribution is -0.115. The smallest absolute Gasteiger partial charge is 0.247 e. The molecule has 1 saturated carbocycles. The number of amides is 1. The summed E-state index contributed by atoms with van der Waals surface area (Å²) < 4.78 is 0. The van der Waals surface area contributed by atoms with Crippen molar-refractivity contribution < 1.29 is 4.79 Å². The molecule has 4 heteroatoms. The molecule has 16 heavy (non-hydrogen) atoms. The van der Waals surface area contributed by atoms with Crippen LogP contribution in [0.25, 0.3) is 0 Å². The number of nitrogens with zero attached hydrogens (tertiary/aromatic N) is 1. The summed E-state index contributed by atoms with van der Waals surface area (Å²) in [4.78, 5) is 13.4. The van der Waals surface area contributed by atoms with E-state index in [9.17, 15) is 4.79 Å². The second-order valence-corrected chi connectivity index (χ2v) is 4.93. The summed E-state index contributed by atoms with van der Waals surface area (Å²) in [5, 5.41) is -0.175. The summed E-state index contributed by atoms with van der Waals surface area (Å²) in [6, 6.07) is 0.510. The summed E-state index contributed by atoms with van der Waals surface area (Å²) >= 11 is 4.51. The monoisotopic (exact) mass is 238 g/mol. The Morgan fingerprint density at radius 1 is 1.38 bits per heavy atom. The third kappa shape index (κ3) is 2.26. The van der Waals surface area contributed by atoms with Gasteiger partial charge in [0.15, 0.2) is 0 Å². The van der Waals surface area contributed by atoms with Gasteiger partial charge in [0, 0.05) is 17.8 Å². The topological polar surface area (TPSA) is 46.3 Å². The predicted octanol–water partition coefficient (Wildman–Crippen LogP) is 1.82. The average Bonchev–Trinajstić information content (AvgIpc) is 2.30. The van der Waals surface area contributed by atoms with Gasteiger partial charge in [-0.15, -0.1) is 12.6 Å². The van der Waals surface area contributed by atoms with E-state index in [0.29, 0.717) is 11.6 Å². The van der Waals surface area contributed by atoms with Crippen molar-refractivity contribution in [2.45, 2.75) is 43.5 Å². The van der Waals surface area contributed by atoms with E-state index in [1.54, 1.807) is 6.08 Å². The average molecular weight is 238 g/mol. The van der Waals surface area contributed by atoms with Gasteiger partial charge in [0.25, 0.3) is 0 Å². The second-order valence-electron chi connectivity index (χ2n) is 4.44.